The number of hydrogen-bond donors (Lipinski definition) is 2. The van der Waals surface area contributed by atoms with Crippen molar-refractivity contribution in [3.05, 3.63) is 64.7 Å². The Hall–Kier alpha value is -2.00. The Balaban J connectivity index is 1.79. The number of nitrogens with one attached hydrogen (secondary N) is 2. The van der Waals surface area contributed by atoms with Gasteiger partial charge in [0.15, 0.2) is 0 Å². The van der Waals surface area contributed by atoms with Gasteiger partial charge in [-0.15, -0.1) is 0 Å². The fourth-order valence-corrected chi connectivity index (χ4v) is 1.99. The first-order valence-corrected chi connectivity index (χ1v) is 6.88. The lowest BCUT2D eigenvalue weighted by molar-refractivity contribution is 0.252. The van der Waals surface area contributed by atoms with Gasteiger partial charge >= 0.3 is 6.03 Å². The van der Waals surface area contributed by atoms with E-state index in [4.69, 9.17) is 11.6 Å². The topological polar surface area (TPSA) is 41.1 Å². The van der Waals surface area contributed by atoms with Crippen LogP contribution >= 0.6 is 11.6 Å². The van der Waals surface area contributed by atoms with Crippen molar-refractivity contribution >= 4 is 23.3 Å². The molecule has 0 aliphatic rings. The van der Waals surface area contributed by atoms with Crippen molar-refractivity contribution in [2.24, 2.45) is 0 Å². The molecule has 0 saturated carbocycles. The van der Waals surface area contributed by atoms with Crippen LogP contribution in [0.1, 0.15) is 11.1 Å². The van der Waals surface area contributed by atoms with E-state index < -0.39 is 0 Å². The molecule has 2 rings (SSSR count). The molecule has 0 spiro atoms. The Labute approximate surface area is 124 Å². The quantitative estimate of drug-likeness (QED) is 0.877. The number of carbonyl (C=O) groups is 1. The maximum Gasteiger partial charge on any atom is 0.319 e. The molecule has 104 valence electrons. The van der Waals surface area contributed by atoms with Crippen molar-refractivity contribution < 1.29 is 4.79 Å². The lowest BCUT2D eigenvalue weighted by Crippen LogP contribution is -2.30. The van der Waals surface area contributed by atoms with E-state index in [2.05, 4.69) is 10.6 Å². The molecule has 20 heavy (non-hydrogen) atoms. The van der Waals surface area contributed by atoms with Crippen LogP contribution in [0.3, 0.4) is 0 Å². The summed E-state index contributed by atoms with van der Waals surface area (Å²) in [4.78, 5) is 11.7. The summed E-state index contributed by atoms with van der Waals surface area (Å²) in [6.45, 7) is 2.52. The van der Waals surface area contributed by atoms with Gasteiger partial charge in [0.2, 0.25) is 0 Å². The molecule has 0 unspecified atom stereocenters. The predicted molar refractivity (Wildman–Crippen MR) is 83.4 cm³/mol. The minimum atomic E-state index is -0.221. The number of rotatable bonds is 4. The van der Waals surface area contributed by atoms with Gasteiger partial charge in [-0.3, -0.25) is 0 Å². The van der Waals surface area contributed by atoms with Crippen molar-refractivity contribution in [3.63, 3.8) is 0 Å². The SMILES string of the molecule is Cc1ccc(NC(=O)NCCc2ccccc2)cc1Cl. The van der Waals surface area contributed by atoms with Gasteiger partial charge in [-0.25, -0.2) is 4.79 Å². The van der Waals surface area contributed by atoms with Gasteiger partial charge in [0.25, 0.3) is 0 Å². The van der Waals surface area contributed by atoms with E-state index in [9.17, 15) is 4.79 Å². The summed E-state index contributed by atoms with van der Waals surface area (Å²) in [6.07, 6.45) is 0.808. The van der Waals surface area contributed by atoms with E-state index in [1.54, 1.807) is 6.07 Å². The van der Waals surface area contributed by atoms with Crippen LogP contribution in [-0.2, 0) is 6.42 Å². The van der Waals surface area contributed by atoms with Gasteiger partial charge < -0.3 is 10.6 Å². The van der Waals surface area contributed by atoms with Crippen molar-refractivity contribution in [1.82, 2.24) is 5.32 Å². The molecule has 0 heterocycles. The van der Waals surface area contributed by atoms with Crippen LogP contribution in [0.25, 0.3) is 0 Å². The second kappa shape index (κ2) is 6.96. The van der Waals surface area contributed by atoms with Gasteiger partial charge in [0.05, 0.1) is 0 Å². The monoisotopic (exact) mass is 288 g/mol. The third-order valence-electron chi connectivity index (χ3n) is 2.97. The van der Waals surface area contributed by atoms with Gasteiger partial charge in [-0.05, 0) is 36.6 Å². The normalized spacial score (nSPS) is 10.1. The highest BCUT2D eigenvalue weighted by atomic mass is 35.5. The summed E-state index contributed by atoms with van der Waals surface area (Å²) in [7, 11) is 0. The molecule has 3 nitrogen and oxygen atoms in total. The molecule has 0 saturated heterocycles. The molecule has 0 radical (unpaired) electrons. The van der Waals surface area contributed by atoms with E-state index in [-0.39, 0.29) is 6.03 Å². The number of halogens is 1. The summed E-state index contributed by atoms with van der Waals surface area (Å²) < 4.78 is 0. The Morgan fingerprint density at radius 3 is 2.60 bits per heavy atom. The van der Waals surface area contributed by atoms with E-state index in [0.29, 0.717) is 17.3 Å². The van der Waals surface area contributed by atoms with Gasteiger partial charge in [-0.1, -0.05) is 48.0 Å². The average molecular weight is 289 g/mol. The first kappa shape index (κ1) is 14.4. The van der Waals surface area contributed by atoms with Crippen molar-refractivity contribution in [1.29, 1.82) is 0 Å². The Morgan fingerprint density at radius 1 is 1.15 bits per heavy atom. The van der Waals surface area contributed by atoms with E-state index >= 15 is 0 Å². The molecule has 0 aromatic heterocycles. The number of amides is 2. The molecule has 0 atom stereocenters. The van der Waals surface area contributed by atoms with Gasteiger partial charge in [-0.2, -0.15) is 0 Å². The van der Waals surface area contributed by atoms with Gasteiger partial charge in [0, 0.05) is 17.3 Å². The molecule has 0 aliphatic heterocycles. The van der Waals surface area contributed by atoms with Crippen LogP contribution in [0.5, 0.6) is 0 Å². The Kier molecular flexibility index (Phi) is 5.02. The van der Waals surface area contributed by atoms with Crippen molar-refractivity contribution in [3.8, 4) is 0 Å². The number of aryl methyl sites for hydroxylation is 1. The minimum Gasteiger partial charge on any atom is -0.338 e. The predicted octanol–water partition coefficient (Wildman–Crippen LogP) is 4.01. The fourth-order valence-electron chi connectivity index (χ4n) is 1.81. The zero-order chi connectivity index (χ0) is 14.4. The highest BCUT2D eigenvalue weighted by molar-refractivity contribution is 6.31. The van der Waals surface area contributed by atoms with Gasteiger partial charge in [0.1, 0.15) is 0 Å². The number of benzene rings is 2. The zero-order valence-electron chi connectivity index (χ0n) is 11.3. The fraction of sp³-hybridized carbons (Fsp3) is 0.188. The maximum atomic E-state index is 11.7. The number of urea groups is 1. The number of hydrogen-bond acceptors (Lipinski definition) is 1. The highest BCUT2D eigenvalue weighted by Gasteiger charge is 2.03. The molecule has 0 fully saturated rings. The first-order chi connectivity index (χ1) is 9.65. The molecule has 2 N–H and O–H groups in total. The molecule has 4 heteroatoms. The molecule has 2 aromatic rings. The van der Waals surface area contributed by atoms with Crippen LogP contribution in [0.4, 0.5) is 10.5 Å². The molecular formula is C16H17ClN2O. The molecule has 2 aromatic carbocycles. The Bertz CT molecular complexity index is 584. The van der Waals surface area contributed by atoms with Crippen molar-refractivity contribution in [2.45, 2.75) is 13.3 Å². The molecule has 2 amide bonds. The number of carbonyl (C=O) groups excluding carboxylic acids is 1. The molecule has 0 aliphatic carbocycles. The summed E-state index contributed by atoms with van der Waals surface area (Å²) >= 11 is 6.01. The summed E-state index contributed by atoms with van der Waals surface area (Å²) in [5, 5.41) is 6.23. The maximum absolute atomic E-state index is 11.7. The largest absolute Gasteiger partial charge is 0.338 e. The average Bonchev–Trinajstić information content (AvgIpc) is 2.44. The van der Waals surface area contributed by atoms with E-state index in [1.807, 2.05) is 49.4 Å². The van der Waals surface area contributed by atoms with Crippen LogP contribution < -0.4 is 10.6 Å². The number of anilines is 1. The van der Waals surface area contributed by atoms with E-state index in [1.165, 1.54) is 5.56 Å². The second-order valence-electron chi connectivity index (χ2n) is 4.58. The van der Waals surface area contributed by atoms with Crippen LogP contribution in [0, 0.1) is 6.92 Å². The van der Waals surface area contributed by atoms with Crippen LogP contribution in [0.2, 0.25) is 5.02 Å². The highest BCUT2D eigenvalue weighted by Crippen LogP contribution is 2.19. The summed E-state index contributed by atoms with van der Waals surface area (Å²) in [5.41, 5.74) is 2.88. The van der Waals surface area contributed by atoms with Crippen molar-refractivity contribution in [2.75, 3.05) is 11.9 Å². The lowest BCUT2D eigenvalue weighted by atomic mass is 10.1. The smallest absolute Gasteiger partial charge is 0.319 e. The first-order valence-electron chi connectivity index (χ1n) is 6.50. The summed E-state index contributed by atoms with van der Waals surface area (Å²) in [5.74, 6) is 0. The van der Waals surface area contributed by atoms with Crippen LogP contribution in [-0.4, -0.2) is 12.6 Å². The standard InChI is InChI=1S/C16H17ClN2O/c1-12-7-8-14(11-15(12)17)19-16(20)18-10-9-13-5-3-2-4-6-13/h2-8,11H,9-10H2,1H3,(H2,18,19,20). The summed E-state index contributed by atoms with van der Waals surface area (Å²) in [6, 6.07) is 15.3. The Morgan fingerprint density at radius 2 is 1.90 bits per heavy atom. The van der Waals surface area contributed by atoms with Crippen LogP contribution in [0.15, 0.2) is 48.5 Å². The molecular weight excluding hydrogens is 272 g/mol. The lowest BCUT2D eigenvalue weighted by Gasteiger charge is -2.08. The molecule has 0 bridgehead atoms. The third-order valence-corrected chi connectivity index (χ3v) is 3.38. The minimum absolute atomic E-state index is 0.221. The second-order valence-corrected chi connectivity index (χ2v) is 4.99. The van der Waals surface area contributed by atoms with E-state index in [0.717, 1.165) is 12.0 Å². The zero-order valence-corrected chi connectivity index (χ0v) is 12.1. The third kappa shape index (κ3) is 4.28.